The van der Waals surface area contributed by atoms with Gasteiger partial charge in [-0.15, -0.1) is 0 Å². The molecular formula is C13H17KN2O5. The molecule has 110 valence electrons. The van der Waals surface area contributed by atoms with Crippen LogP contribution in [0.25, 0.3) is 0 Å². The smallest absolute Gasteiger partial charge is 0.565 e. The Bertz CT molecular complexity index is 453. The Kier molecular flexibility index (Phi) is 9.83. The number of nitrogens with one attached hydrogen (secondary N) is 1. The molecular weight excluding hydrogens is 303 g/mol. The first-order valence-electron chi connectivity index (χ1n) is 6.09. The fraction of sp³-hybridized carbons (Fsp3) is 0.385. The van der Waals surface area contributed by atoms with Crippen LogP contribution in [0.5, 0.6) is 0 Å². The van der Waals surface area contributed by atoms with Crippen LogP contribution in [0.4, 0.5) is 9.59 Å². The zero-order valence-corrected chi connectivity index (χ0v) is 15.1. The van der Waals surface area contributed by atoms with Crippen LogP contribution in [0.1, 0.15) is 18.5 Å². The standard InChI is InChI=1S/C12H16N2O2.CH2O3.K/c1-9-7-13-11(8-14(9)12(15)16)10-5-3-2-4-6-10;2-1(3)4;/h2-6,9,11,13H,7-8H2,1H3,(H,15,16);(H2,2,3,4);/q;;+1/p-1/t9-,11-;;/m1../s1. The van der Waals surface area contributed by atoms with Gasteiger partial charge in [0.1, 0.15) is 0 Å². The molecule has 1 aromatic rings. The molecule has 1 aliphatic heterocycles. The van der Waals surface area contributed by atoms with Gasteiger partial charge in [0.2, 0.25) is 6.16 Å². The number of rotatable bonds is 1. The van der Waals surface area contributed by atoms with Crippen molar-refractivity contribution in [2.75, 3.05) is 13.1 Å². The van der Waals surface area contributed by atoms with E-state index in [-0.39, 0.29) is 63.5 Å². The minimum absolute atomic E-state index is 0. The maximum Gasteiger partial charge on any atom is 1.00 e. The summed E-state index contributed by atoms with van der Waals surface area (Å²) in [7, 11) is 0. The number of benzene rings is 1. The Balaban J connectivity index is 0.000000715. The molecule has 0 radical (unpaired) electrons. The van der Waals surface area contributed by atoms with Gasteiger partial charge >= 0.3 is 57.5 Å². The maximum absolute atomic E-state index is 11.0. The predicted octanol–water partition coefficient (Wildman–Crippen LogP) is -2.41. The van der Waals surface area contributed by atoms with Crippen LogP contribution in [0.2, 0.25) is 0 Å². The number of amides is 1. The van der Waals surface area contributed by atoms with E-state index in [4.69, 9.17) is 20.1 Å². The van der Waals surface area contributed by atoms with E-state index in [0.717, 1.165) is 5.56 Å². The average molecular weight is 320 g/mol. The molecule has 1 fully saturated rings. The summed E-state index contributed by atoms with van der Waals surface area (Å²) in [6.07, 6.45) is -2.92. The van der Waals surface area contributed by atoms with Gasteiger partial charge in [-0.3, -0.25) is 0 Å². The minimum atomic E-state index is -2.08. The fourth-order valence-corrected chi connectivity index (χ4v) is 2.04. The Labute approximate surface area is 165 Å². The molecule has 7 nitrogen and oxygen atoms in total. The predicted molar refractivity (Wildman–Crippen MR) is 69.4 cm³/mol. The number of piperazine rings is 1. The number of nitrogens with zero attached hydrogens (tertiary/aromatic N) is 1. The van der Waals surface area contributed by atoms with E-state index in [1.165, 1.54) is 4.90 Å². The SMILES string of the molecule is C[C@@H]1CN[C@@H](c2ccccc2)CN1C(=O)O.O=C([O-])O.[K+]. The van der Waals surface area contributed by atoms with Gasteiger partial charge in [0, 0.05) is 19.1 Å². The third-order valence-corrected chi connectivity index (χ3v) is 3.02. The second kappa shape index (κ2) is 10.1. The summed E-state index contributed by atoms with van der Waals surface area (Å²) < 4.78 is 0. The molecule has 1 aliphatic rings. The van der Waals surface area contributed by atoms with Crippen LogP contribution in [-0.2, 0) is 0 Å². The molecule has 0 saturated carbocycles. The molecule has 0 unspecified atom stereocenters. The Morgan fingerprint density at radius 3 is 2.29 bits per heavy atom. The van der Waals surface area contributed by atoms with Crippen LogP contribution >= 0.6 is 0 Å². The van der Waals surface area contributed by atoms with E-state index in [1.807, 2.05) is 37.3 Å². The summed E-state index contributed by atoms with van der Waals surface area (Å²) in [5, 5.41) is 27.7. The molecule has 1 amide bonds. The van der Waals surface area contributed by atoms with Crippen molar-refractivity contribution >= 4 is 12.2 Å². The maximum atomic E-state index is 11.0. The molecule has 0 bridgehead atoms. The third kappa shape index (κ3) is 7.25. The first-order valence-corrected chi connectivity index (χ1v) is 6.09. The van der Waals surface area contributed by atoms with Gasteiger partial charge in [0.25, 0.3) is 0 Å². The van der Waals surface area contributed by atoms with Crippen LogP contribution in [0.15, 0.2) is 30.3 Å². The summed E-state index contributed by atoms with van der Waals surface area (Å²) in [6.45, 7) is 3.13. The van der Waals surface area contributed by atoms with E-state index in [2.05, 4.69) is 5.32 Å². The van der Waals surface area contributed by atoms with Crippen molar-refractivity contribution in [3.05, 3.63) is 35.9 Å². The van der Waals surface area contributed by atoms with E-state index >= 15 is 0 Å². The van der Waals surface area contributed by atoms with Gasteiger partial charge in [-0.1, -0.05) is 30.3 Å². The number of hydrogen-bond donors (Lipinski definition) is 3. The first kappa shape index (κ1) is 20.4. The average Bonchev–Trinajstić information content (AvgIpc) is 2.39. The Morgan fingerprint density at radius 2 is 1.81 bits per heavy atom. The van der Waals surface area contributed by atoms with Crippen molar-refractivity contribution in [3.63, 3.8) is 0 Å². The third-order valence-electron chi connectivity index (χ3n) is 3.02. The topological polar surface area (TPSA) is 113 Å². The zero-order valence-electron chi connectivity index (χ0n) is 12.0. The molecule has 3 N–H and O–H groups in total. The number of carboxylic acid groups (broad SMARTS) is 3. The van der Waals surface area contributed by atoms with Gasteiger partial charge < -0.3 is 30.3 Å². The molecule has 0 aliphatic carbocycles. The Hall–Kier alpha value is -0.644. The van der Waals surface area contributed by atoms with Crippen molar-refractivity contribution < 1.29 is 76.3 Å². The Morgan fingerprint density at radius 1 is 1.29 bits per heavy atom. The fourth-order valence-electron chi connectivity index (χ4n) is 2.04. The van der Waals surface area contributed by atoms with Crippen LogP contribution < -0.4 is 61.8 Å². The van der Waals surface area contributed by atoms with Crippen molar-refractivity contribution in [2.24, 2.45) is 0 Å². The van der Waals surface area contributed by atoms with Crippen molar-refractivity contribution in [1.29, 1.82) is 0 Å². The molecule has 8 heteroatoms. The van der Waals surface area contributed by atoms with Gasteiger partial charge in [-0.2, -0.15) is 0 Å². The summed E-state index contributed by atoms with van der Waals surface area (Å²) >= 11 is 0. The minimum Gasteiger partial charge on any atom is -0.565 e. The molecule has 2 atom stereocenters. The van der Waals surface area contributed by atoms with E-state index < -0.39 is 12.2 Å². The second-order valence-corrected chi connectivity index (χ2v) is 4.42. The molecule has 0 aromatic heterocycles. The first-order chi connectivity index (χ1) is 9.41. The van der Waals surface area contributed by atoms with E-state index in [1.54, 1.807) is 0 Å². The van der Waals surface area contributed by atoms with Crippen molar-refractivity contribution in [1.82, 2.24) is 10.2 Å². The van der Waals surface area contributed by atoms with Crippen LogP contribution in [-0.4, -0.2) is 46.5 Å². The molecule has 21 heavy (non-hydrogen) atoms. The van der Waals surface area contributed by atoms with Crippen molar-refractivity contribution in [2.45, 2.75) is 19.0 Å². The normalized spacial score (nSPS) is 20.5. The van der Waals surface area contributed by atoms with Gasteiger partial charge in [-0.05, 0) is 12.5 Å². The van der Waals surface area contributed by atoms with Gasteiger partial charge in [0.05, 0.1) is 6.04 Å². The van der Waals surface area contributed by atoms with Gasteiger partial charge in [0.15, 0.2) is 0 Å². The summed E-state index contributed by atoms with van der Waals surface area (Å²) in [6, 6.07) is 10.1. The molecule has 1 heterocycles. The summed E-state index contributed by atoms with van der Waals surface area (Å²) in [5.41, 5.74) is 1.14. The number of hydrogen-bond acceptors (Lipinski definition) is 4. The van der Waals surface area contributed by atoms with Crippen LogP contribution in [0.3, 0.4) is 0 Å². The van der Waals surface area contributed by atoms with Gasteiger partial charge in [-0.25, -0.2) is 4.79 Å². The van der Waals surface area contributed by atoms with E-state index in [0.29, 0.717) is 13.1 Å². The summed E-state index contributed by atoms with van der Waals surface area (Å²) in [5.74, 6) is 0. The van der Waals surface area contributed by atoms with E-state index in [9.17, 15) is 4.79 Å². The summed E-state index contributed by atoms with van der Waals surface area (Å²) in [4.78, 5) is 21.0. The zero-order chi connectivity index (χ0) is 15.1. The van der Waals surface area contributed by atoms with Crippen molar-refractivity contribution in [3.8, 4) is 0 Å². The largest absolute Gasteiger partial charge is 1.00 e. The molecule has 1 aromatic carbocycles. The molecule has 0 spiro atoms. The molecule has 2 rings (SSSR count). The second-order valence-electron chi connectivity index (χ2n) is 4.42. The number of carbonyl (C=O) groups is 2. The quantitative estimate of drug-likeness (QED) is 0.497. The monoisotopic (exact) mass is 320 g/mol. The molecule has 1 saturated heterocycles. The van der Waals surface area contributed by atoms with Crippen LogP contribution in [0, 0.1) is 0 Å².